The number of oxime groups is 1. The third-order valence-electron chi connectivity index (χ3n) is 5.79. The SMILES string of the molecule is CCOC(=O)c1cc2ccc(/C(N)=N\O)cc2n1Cc1cc(Oc2ncccn2)cc2ccccc12. The highest BCUT2D eigenvalue weighted by Crippen LogP contribution is 2.31. The predicted octanol–water partition coefficient (Wildman–Crippen LogP) is 4.70. The van der Waals surface area contributed by atoms with E-state index >= 15 is 0 Å². The zero-order valence-electron chi connectivity index (χ0n) is 19.5. The minimum Gasteiger partial charge on any atom is -0.461 e. The van der Waals surface area contributed by atoms with E-state index in [0.717, 1.165) is 27.2 Å². The first-order chi connectivity index (χ1) is 17.6. The van der Waals surface area contributed by atoms with Gasteiger partial charge in [-0.3, -0.25) is 0 Å². The number of ether oxygens (including phenoxy) is 2. The summed E-state index contributed by atoms with van der Waals surface area (Å²) < 4.78 is 13.1. The molecule has 0 bridgehead atoms. The van der Waals surface area contributed by atoms with Gasteiger partial charge in [0.2, 0.25) is 0 Å². The van der Waals surface area contributed by atoms with Crippen LogP contribution < -0.4 is 10.5 Å². The van der Waals surface area contributed by atoms with Gasteiger partial charge in [-0.15, -0.1) is 0 Å². The third kappa shape index (κ3) is 4.41. The number of esters is 1. The Morgan fingerprint density at radius 1 is 1.03 bits per heavy atom. The number of hydrogen-bond donors (Lipinski definition) is 2. The summed E-state index contributed by atoms with van der Waals surface area (Å²) >= 11 is 0. The van der Waals surface area contributed by atoms with Crippen molar-refractivity contribution in [2.24, 2.45) is 10.9 Å². The summed E-state index contributed by atoms with van der Waals surface area (Å²) in [5.74, 6) is 0.112. The third-order valence-corrected chi connectivity index (χ3v) is 5.79. The van der Waals surface area contributed by atoms with Crippen molar-refractivity contribution in [2.45, 2.75) is 13.5 Å². The van der Waals surface area contributed by atoms with Crippen LogP contribution in [0.3, 0.4) is 0 Å². The second-order valence-electron chi connectivity index (χ2n) is 8.03. The molecule has 0 radical (unpaired) electrons. The Bertz CT molecular complexity index is 1590. The standard InChI is InChI=1S/C27H23N5O4/c1-2-35-26(33)24-14-18-8-9-19(25(28)31-34)15-23(18)32(24)16-20-13-21(36-27-29-10-5-11-30-27)12-17-6-3-4-7-22(17)20/h3-15,34H,2,16H2,1H3,(H2,28,31). The molecule has 0 saturated heterocycles. The Balaban J connectivity index is 1.67. The van der Waals surface area contributed by atoms with Crippen LogP contribution >= 0.6 is 0 Å². The van der Waals surface area contributed by atoms with E-state index in [9.17, 15) is 4.79 Å². The Labute approximate surface area is 206 Å². The average Bonchev–Trinajstić information content (AvgIpc) is 3.26. The van der Waals surface area contributed by atoms with Gasteiger partial charge in [-0.25, -0.2) is 14.8 Å². The number of fused-ring (bicyclic) bond motifs is 2. The van der Waals surface area contributed by atoms with Crippen LogP contribution in [0, 0.1) is 0 Å². The minimum atomic E-state index is -0.437. The number of nitrogens with zero attached hydrogens (tertiary/aromatic N) is 4. The maximum Gasteiger partial charge on any atom is 0.354 e. The molecule has 0 aliphatic carbocycles. The lowest BCUT2D eigenvalue weighted by Crippen LogP contribution is -2.14. The van der Waals surface area contributed by atoms with Crippen molar-refractivity contribution < 1.29 is 19.5 Å². The van der Waals surface area contributed by atoms with Crippen molar-refractivity contribution in [3.63, 3.8) is 0 Å². The molecule has 3 aromatic carbocycles. The van der Waals surface area contributed by atoms with Gasteiger partial charge in [-0.05, 0) is 53.6 Å². The van der Waals surface area contributed by atoms with Crippen LogP contribution in [0.15, 0.2) is 84.3 Å². The number of amidine groups is 1. The summed E-state index contributed by atoms with van der Waals surface area (Å²) in [6, 6.07) is 20.8. The lowest BCUT2D eigenvalue weighted by atomic mass is 10.0. The number of aromatic nitrogens is 3. The molecule has 5 rings (SSSR count). The second kappa shape index (κ2) is 9.75. The van der Waals surface area contributed by atoms with Gasteiger partial charge in [-0.1, -0.05) is 41.6 Å². The molecule has 36 heavy (non-hydrogen) atoms. The predicted molar refractivity (Wildman–Crippen MR) is 136 cm³/mol. The Morgan fingerprint density at radius 3 is 2.61 bits per heavy atom. The molecule has 9 nitrogen and oxygen atoms in total. The van der Waals surface area contributed by atoms with Crippen LogP contribution in [0.25, 0.3) is 21.7 Å². The van der Waals surface area contributed by atoms with Crippen molar-refractivity contribution >= 4 is 33.5 Å². The fraction of sp³-hybridized carbons (Fsp3) is 0.111. The molecule has 0 aliphatic heterocycles. The van der Waals surface area contributed by atoms with Crippen LogP contribution in [0.5, 0.6) is 11.8 Å². The molecule has 9 heteroatoms. The van der Waals surface area contributed by atoms with Crippen molar-refractivity contribution in [1.82, 2.24) is 14.5 Å². The molecular weight excluding hydrogens is 458 g/mol. The zero-order chi connectivity index (χ0) is 25.1. The van der Waals surface area contributed by atoms with E-state index in [4.69, 9.17) is 20.4 Å². The zero-order valence-corrected chi connectivity index (χ0v) is 19.5. The van der Waals surface area contributed by atoms with Crippen molar-refractivity contribution in [3.05, 3.63) is 95.9 Å². The molecule has 180 valence electrons. The molecule has 0 aliphatic rings. The van der Waals surface area contributed by atoms with E-state index in [1.807, 2.05) is 47.0 Å². The first kappa shape index (κ1) is 22.9. The van der Waals surface area contributed by atoms with E-state index in [1.165, 1.54) is 0 Å². The molecule has 0 fully saturated rings. The van der Waals surface area contributed by atoms with Crippen molar-refractivity contribution in [2.75, 3.05) is 6.61 Å². The largest absolute Gasteiger partial charge is 0.461 e. The molecule has 2 heterocycles. The normalized spacial score (nSPS) is 11.6. The highest BCUT2D eigenvalue weighted by molar-refractivity contribution is 6.02. The van der Waals surface area contributed by atoms with E-state index in [-0.39, 0.29) is 18.5 Å². The molecular formula is C27H23N5O4. The molecule has 2 aromatic heterocycles. The van der Waals surface area contributed by atoms with Gasteiger partial charge < -0.3 is 25.0 Å². The molecule has 0 unspecified atom stereocenters. The fourth-order valence-electron chi connectivity index (χ4n) is 4.18. The van der Waals surface area contributed by atoms with Gasteiger partial charge in [0.05, 0.1) is 6.61 Å². The Hall–Kier alpha value is -4.92. The highest BCUT2D eigenvalue weighted by atomic mass is 16.5. The Morgan fingerprint density at radius 2 is 1.83 bits per heavy atom. The summed E-state index contributed by atoms with van der Waals surface area (Å²) in [5, 5.41) is 15.1. The summed E-state index contributed by atoms with van der Waals surface area (Å²) in [4.78, 5) is 21.2. The molecule has 5 aromatic rings. The van der Waals surface area contributed by atoms with Gasteiger partial charge in [0.1, 0.15) is 11.4 Å². The van der Waals surface area contributed by atoms with E-state index in [2.05, 4.69) is 15.1 Å². The molecule has 0 atom stereocenters. The first-order valence-electron chi connectivity index (χ1n) is 11.3. The lowest BCUT2D eigenvalue weighted by molar-refractivity contribution is 0.0515. The van der Waals surface area contributed by atoms with E-state index in [1.54, 1.807) is 43.6 Å². The molecule has 3 N–H and O–H groups in total. The maximum absolute atomic E-state index is 12.9. The minimum absolute atomic E-state index is 0.0222. The van der Waals surface area contributed by atoms with Gasteiger partial charge in [0, 0.05) is 35.4 Å². The van der Waals surface area contributed by atoms with Crippen LogP contribution in [-0.2, 0) is 11.3 Å². The number of nitrogens with two attached hydrogens (primary N) is 1. The summed E-state index contributed by atoms with van der Waals surface area (Å²) in [7, 11) is 0. The topological polar surface area (TPSA) is 125 Å². The molecule has 0 amide bonds. The smallest absolute Gasteiger partial charge is 0.354 e. The molecule has 0 spiro atoms. The van der Waals surface area contributed by atoms with Gasteiger partial charge in [0.25, 0.3) is 0 Å². The van der Waals surface area contributed by atoms with Crippen LogP contribution in [-0.4, -0.2) is 38.2 Å². The van der Waals surface area contributed by atoms with E-state index < -0.39 is 5.97 Å². The second-order valence-corrected chi connectivity index (χ2v) is 8.03. The Kier molecular flexibility index (Phi) is 6.19. The highest BCUT2D eigenvalue weighted by Gasteiger charge is 2.19. The lowest BCUT2D eigenvalue weighted by Gasteiger charge is -2.15. The van der Waals surface area contributed by atoms with Crippen LogP contribution in [0.1, 0.15) is 28.5 Å². The number of carbonyl (C=O) groups is 1. The van der Waals surface area contributed by atoms with E-state index in [0.29, 0.717) is 23.6 Å². The molecule has 0 saturated carbocycles. The number of rotatable bonds is 7. The summed E-state index contributed by atoms with van der Waals surface area (Å²) in [5.41, 5.74) is 8.42. The monoisotopic (exact) mass is 481 g/mol. The number of carbonyl (C=O) groups excluding carboxylic acids is 1. The van der Waals surface area contributed by atoms with Crippen molar-refractivity contribution in [1.29, 1.82) is 0 Å². The summed E-state index contributed by atoms with van der Waals surface area (Å²) in [6.45, 7) is 2.35. The number of hydrogen-bond acceptors (Lipinski definition) is 7. The maximum atomic E-state index is 12.9. The summed E-state index contributed by atoms with van der Waals surface area (Å²) in [6.07, 6.45) is 3.22. The first-order valence-corrected chi connectivity index (χ1v) is 11.3. The van der Waals surface area contributed by atoms with Crippen LogP contribution in [0.4, 0.5) is 0 Å². The average molecular weight is 482 g/mol. The number of benzene rings is 3. The van der Waals surface area contributed by atoms with Crippen LogP contribution in [0.2, 0.25) is 0 Å². The van der Waals surface area contributed by atoms with Crippen molar-refractivity contribution in [3.8, 4) is 11.8 Å². The van der Waals surface area contributed by atoms with Gasteiger partial charge in [0.15, 0.2) is 5.84 Å². The fourth-order valence-corrected chi connectivity index (χ4v) is 4.18. The van der Waals surface area contributed by atoms with Gasteiger partial charge in [-0.2, -0.15) is 0 Å². The quantitative estimate of drug-likeness (QED) is 0.113. The van der Waals surface area contributed by atoms with Gasteiger partial charge >= 0.3 is 12.0 Å².